The molecule has 9 nitrogen and oxygen atoms in total. The Morgan fingerprint density at radius 1 is 1.48 bits per heavy atom. The zero-order chi connectivity index (χ0) is 16.6. The van der Waals surface area contributed by atoms with E-state index in [9.17, 15) is 14.4 Å². The van der Waals surface area contributed by atoms with Crippen molar-refractivity contribution in [3.8, 4) is 0 Å². The molecule has 3 rings (SSSR count). The van der Waals surface area contributed by atoms with E-state index in [1.54, 1.807) is 19.1 Å². The van der Waals surface area contributed by atoms with Crippen LogP contribution in [0.1, 0.15) is 18.4 Å². The van der Waals surface area contributed by atoms with Crippen molar-refractivity contribution in [3.05, 3.63) is 36.0 Å². The highest BCUT2D eigenvalue weighted by atomic mass is 16.5. The number of carbonyl (C=O) groups excluding carboxylic acids is 3. The Morgan fingerprint density at radius 3 is 2.87 bits per heavy atom. The van der Waals surface area contributed by atoms with Gasteiger partial charge < -0.3 is 19.6 Å². The molecule has 2 aromatic heterocycles. The quantitative estimate of drug-likeness (QED) is 0.811. The van der Waals surface area contributed by atoms with E-state index in [-0.39, 0.29) is 5.82 Å². The zero-order valence-corrected chi connectivity index (χ0v) is 12.5. The number of imide groups is 1. The van der Waals surface area contributed by atoms with Gasteiger partial charge >= 0.3 is 6.03 Å². The second kappa shape index (κ2) is 5.27. The number of rotatable bonds is 4. The summed E-state index contributed by atoms with van der Waals surface area (Å²) in [5.41, 5.74) is -1.33. The highest BCUT2D eigenvalue weighted by Crippen LogP contribution is 2.28. The lowest BCUT2D eigenvalue weighted by Crippen LogP contribution is -2.41. The van der Waals surface area contributed by atoms with Crippen LogP contribution in [0.5, 0.6) is 0 Å². The SMILES string of the molecule is Cc1cc(NC(=O)CN2C(=O)N[C@@](C)(c3ccco3)C2=O)no1. The average Bonchev–Trinajstić information content (AvgIpc) is 3.19. The maximum atomic E-state index is 12.5. The van der Waals surface area contributed by atoms with Gasteiger partial charge in [0.25, 0.3) is 5.91 Å². The summed E-state index contributed by atoms with van der Waals surface area (Å²) in [6.07, 6.45) is 1.41. The Morgan fingerprint density at radius 2 is 2.26 bits per heavy atom. The van der Waals surface area contributed by atoms with E-state index in [2.05, 4.69) is 15.8 Å². The highest BCUT2D eigenvalue weighted by Gasteiger charge is 2.51. The third-order valence-electron chi connectivity index (χ3n) is 3.49. The molecule has 0 saturated carbocycles. The van der Waals surface area contributed by atoms with E-state index < -0.39 is 29.9 Å². The van der Waals surface area contributed by atoms with E-state index in [0.29, 0.717) is 11.5 Å². The molecular formula is C14H14N4O5. The first-order chi connectivity index (χ1) is 10.9. The second-order valence-electron chi connectivity index (χ2n) is 5.29. The Labute approximate surface area is 130 Å². The van der Waals surface area contributed by atoms with Crippen molar-refractivity contribution in [1.82, 2.24) is 15.4 Å². The molecule has 1 saturated heterocycles. The molecule has 1 aliphatic heterocycles. The van der Waals surface area contributed by atoms with Crippen LogP contribution in [0, 0.1) is 6.92 Å². The topological polar surface area (TPSA) is 118 Å². The average molecular weight is 318 g/mol. The molecule has 0 unspecified atom stereocenters. The lowest BCUT2D eigenvalue weighted by atomic mass is 9.99. The van der Waals surface area contributed by atoms with Crippen molar-refractivity contribution in [2.45, 2.75) is 19.4 Å². The second-order valence-corrected chi connectivity index (χ2v) is 5.29. The molecule has 0 radical (unpaired) electrons. The molecule has 1 atom stereocenters. The van der Waals surface area contributed by atoms with E-state index in [0.717, 1.165) is 4.90 Å². The lowest BCUT2D eigenvalue weighted by Gasteiger charge is -2.18. The highest BCUT2D eigenvalue weighted by molar-refractivity contribution is 6.09. The van der Waals surface area contributed by atoms with Crippen LogP contribution in [0.25, 0.3) is 0 Å². The predicted molar refractivity (Wildman–Crippen MR) is 76.2 cm³/mol. The normalized spacial score (nSPS) is 20.7. The van der Waals surface area contributed by atoms with Crippen LogP contribution in [-0.4, -0.2) is 34.4 Å². The Hall–Kier alpha value is -3.10. The molecule has 1 fully saturated rings. The molecule has 2 aromatic rings. The third kappa shape index (κ3) is 2.56. The molecule has 2 N–H and O–H groups in total. The molecule has 0 aliphatic carbocycles. The first-order valence-electron chi connectivity index (χ1n) is 6.81. The van der Waals surface area contributed by atoms with Crippen LogP contribution < -0.4 is 10.6 Å². The summed E-state index contributed by atoms with van der Waals surface area (Å²) >= 11 is 0. The van der Waals surface area contributed by atoms with Crippen molar-refractivity contribution in [1.29, 1.82) is 0 Å². The van der Waals surface area contributed by atoms with Crippen molar-refractivity contribution < 1.29 is 23.3 Å². The first kappa shape index (κ1) is 14.8. The fourth-order valence-electron chi connectivity index (χ4n) is 2.32. The van der Waals surface area contributed by atoms with E-state index in [4.69, 9.17) is 8.94 Å². The van der Waals surface area contributed by atoms with Gasteiger partial charge in [-0.15, -0.1) is 0 Å². The summed E-state index contributed by atoms with van der Waals surface area (Å²) in [4.78, 5) is 37.3. The maximum Gasteiger partial charge on any atom is 0.325 e. The Balaban J connectivity index is 1.72. The van der Waals surface area contributed by atoms with E-state index >= 15 is 0 Å². The van der Waals surface area contributed by atoms with E-state index in [1.165, 1.54) is 19.3 Å². The molecule has 0 aromatic carbocycles. The van der Waals surface area contributed by atoms with E-state index in [1.807, 2.05) is 0 Å². The van der Waals surface area contributed by atoms with Gasteiger partial charge in [0.15, 0.2) is 11.4 Å². The monoisotopic (exact) mass is 318 g/mol. The van der Waals surface area contributed by atoms with Gasteiger partial charge in [0, 0.05) is 6.07 Å². The van der Waals surface area contributed by atoms with Crippen LogP contribution in [0.4, 0.5) is 10.6 Å². The largest absolute Gasteiger partial charge is 0.466 e. The van der Waals surface area contributed by atoms with Gasteiger partial charge in [-0.05, 0) is 26.0 Å². The van der Waals surface area contributed by atoms with Gasteiger partial charge in [0.05, 0.1) is 6.26 Å². The van der Waals surface area contributed by atoms with Gasteiger partial charge in [0.2, 0.25) is 5.91 Å². The van der Waals surface area contributed by atoms with Gasteiger partial charge in [-0.2, -0.15) is 0 Å². The Kier molecular flexibility index (Phi) is 3.40. The van der Waals surface area contributed by atoms with Crippen LogP contribution in [0.15, 0.2) is 33.4 Å². The van der Waals surface area contributed by atoms with Crippen LogP contribution in [0.3, 0.4) is 0 Å². The van der Waals surface area contributed by atoms with Gasteiger partial charge in [-0.3, -0.25) is 14.5 Å². The number of aromatic nitrogens is 1. The molecular weight excluding hydrogens is 304 g/mol. The van der Waals surface area contributed by atoms with Crippen LogP contribution in [-0.2, 0) is 15.1 Å². The molecule has 23 heavy (non-hydrogen) atoms. The third-order valence-corrected chi connectivity index (χ3v) is 3.49. The van der Waals surface area contributed by atoms with Crippen molar-refractivity contribution >= 4 is 23.7 Å². The first-order valence-corrected chi connectivity index (χ1v) is 6.81. The minimum absolute atomic E-state index is 0.216. The molecule has 0 bridgehead atoms. The summed E-state index contributed by atoms with van der Waals surface area (Å²) in [5.74, 6) is -0.0886. The molecule has 3 heterocycles. The lowest BCUT2D eigenvalue weighted by molar-refractivity contribution is -0.134. The minimum Gasteiger partial charge on any atom is -0.466 e. The number of nitrogens with one attached hydrogen (secondary N) is 2. The smallest absolute Gasteiger partial charge is 0.325 e. The Bertz CT molecular complexity index is 766. The summed E-state index contributed by atoms with van der Waals surface area (Å²) in [6.45, 7) is 2.76. The van der Waals surface area contributed by atoms with Gasteiger partial charge in [-0.1, -0.05) is 5.16 Å². The molecule has 120 valence electrons. The van der Waals surface area contributed by atoms with Crippen molar-refractivity contribution in [2.75, 3.05) is 11.9 Å². The fourth-order valence-corrected chi connectivity index (χ4v) is 2.32. The van der Waals surface area contributed by atoms with Crippen molar-refractivity contribution in [3.63, 3.8) is 0 Å². The van der Waals surface area contributed by atoms with Crippen LogP contribution in [0.2, 0.25) is 0 Å². The van der Waals surface area contributed by atoms with Gasteiger partial charge in [-0.25, -0.2) is 4.79 Å². The van der Waals surface area contributed by atoms with Crippen LogP contribution >= 0.6 is 0 Å². The minimum atomic E-state index is -1.33. The number of hydrogen-bond donors (Lipinski definition) is 2. The number of amides is 4. The molecule has 0 spiro atoms. The maximum absolute atomic E-state index is 12.5. The number of carbonyl (C=O) groups is 3. The number of anilines is 1. The predicted octanol–water partition coefficient (Wildman–Crippen LogP) is 0.982. The summed E-state index contributed by atoms with van der Waals surface area (Å²) in [7, 11) is 0. The molecule has 1 aliphatic rings. The number of nitrogens with zero attached hydrogens (tertiary/aromatic N) is 2. The summed E-state index contributed by atoms with van der Waals surface area (Å²) in [5, 5.41) is 8.60. The molecule has 4 amide bonds. The standard InChI is InChI=1S/C14H14N4O5/c1-8-6-10(17-23-8)15-11(19)7-18-12(20)14(2,16-13(18)21)9-4-3-5-22-9/h3-6H,7H2,1-2H3,(H,16,21)(H,15,17,19)/t14-/m0/s1. The number of aryl methyl sites for hydroxylation is 1. The number of furan rings is 1. The number of urea groups is 1. The molecule has 9 heteroatoms. The zero-order valence-electron chi connectivity index (χ0n) is 12.5. The van der Waals surface area contributed by atoms with Gasteiger partial charge in [0.1, 0.15) is 18.1 Å². The fraction of sp³-hybridized carbons (Fsp3) is 0.286. The summed E-state index contributed by atoms with van der Waals surface area (Å²) < 4.78 is 10.0. The number of hydrogen-bond acceptors (Lipinski definition) is 6. The summed E-state index contributed by atoms with van der Waals surface area (Å²) in [6, 6.07) is 4.05. The van der Waals surface area contributed by atoms with Crippen molar-refractivity contribution in [2.24, 2.45) is 0 Å².